The molecule has 0 amide bonds. The zero-order valence-corrected chi connectivity index (χ0v) is 13.4. The molecule has 1 aromatic carbocycles. The predicted octanol–water partition coefficient (Wildman–Crippen LogP) is 3.61. The van der Waals surface area contributed by atoms with Crippen LogP contribution in [0.4, 0.5) is 0 Å². The summed E-state index contributed by atoms with van der Waals surface area (Å²) >= 11 is 0. The first-order chi connectivity index (χ1) is 10.2. The van der Waals surface area contributed by atoms with Gasteiger partial charge in [0.25, 0.3) is 0 Å². The van der Waals surface area contributed by atoms with Crippen LogP contribution in [0.25, 0.3) is 0 Å². The lowest BCUT2D eigenvalue weighted by atomic mass is 9.95. The SMILES string of the molecule is CCCc1ccc(C(N)COC2CCCC(OC)C2)cc1. The molecule has 1 saturated carbocycles. The first-order valence-corrected chi connectivity index (χ1v) is 8.21. The van der Waals surface area contributed by atoms with Crippen molar-refractivity contribution >= 4 is 0 Å². The van der Waals surface area contributed by atoms with Gasteiger partial charge >= 0.3 is 0 Å². The summed E-state index contributed by atoms with van der Waals surface area (Å²) in [6.07, 6.45) is 7.43. The first kappa shape index (κ1) is 16.5. The third-order valence-electron chi connectivity index (χ3n) is 4.37. The maximum atomic E-state index is 6.25. The van der Waals surface area contributed by atoms with Crippen LogP contribution < -0.4 is 5.73 Å². The van der Waals surface area contributed by atoms with Crippen LogP contribution in [0.15, 0.2) is 24.3 Å². The highest BCUT2D eigenvalue weighted by molar-refractivity contribution is 5.25. The molecule has 2 N–H and O–H groups in total. The summed E-state index contributed by atoms with van der Waals surface area (Å²) in [4.78, 5) is 0. The molecule has 0 saturated heterocycles. The molecular weight excluding hydrogens is 262 g/mol. The van der Waals surface area contributed by atoms with Gasteiger partial charge in [-0.05, 0) is 43.2 Å². The fraction of sp³-hybridized carbons (Fsp3) is 0.667. The summed E-state index contributed by atoms with van der Waals surface area (Å²) in [6.45, 7) is 2.79. The molecule has 0 heterocycles. The lowest BCUT2D eigenvalue weighted by molar-refractivity contribution is -0.0332. The van der Waals surface area contributed by atoms with E-state index in [9.17, 15) is 0 Å². The average Bonchev–Trinajstić information content (AvgIpc) is 2.54. The molecule has 0 aliphatic heterocycles. The highest BCUT2D eigenvalue weighted by atomic mass is 16.5. The highest BCUT2D eigenvalue weighted by Gasteiger charge is 2.22. The van der Waals surface area contributed by atoms with Crippen molar-refractivity contribution in [3.05, 3.63) is 35.4 Å². The predicted molar refractivity (Wildman–Crippen MR) is 86.4 cm³/mol. The lowest BCUT2D eigenvalue weighted by Crippen LogP contribution is -2.30. The Labute approximate surface area is 128 Å². The van der Waals surface area contributed by atoms with Crippen molar-refractivity contribution in [3.8, 4) is 0 Å². The van der Waals surface area contributed by atoms with Crippen LogP contribution in [0.1, 0.15) is 56.2 Å². The van der Waals surface area contributed by atoms with E-state index in [2.05, 4.69) is 31.2 Å². The van der Waals surface area contributed by atoms with Gasteiger partial charge in [-0.15, -0.1) is 0 Å². The number of nitrogens with two attached hydrogens (primary N) is 1. The number of aryl methyl sites for hydroxylation is 1. The number of hydrogen-bond donors (Lipinski definition) is 1. The second-order valence-corrected chi connectivity index (χ2v) is 6.08. The third kappa shape index (κ3) is 5.10. The Kier molecular flexibility index (Phi) is 6.68. The monoisotopic (exact) mass is 291 g/mol. The molecule has 0 aromatic heterocycles. The van der Waals surface area contributed by atoms with E-state index in [-0.39, 0.29) is 6.04 Å². The maximum absolute atomic E-state index is 6.25. The molecule has 3 atom stereocenters. The molecule has 3 nitrogen and oxygen atoms in total. The van der Waals surface area contributed by atoms with E-state index in [1.807, 2.05) is 0 Å². The van der Waals surface area contributed by atoms with Gasteiger partial charge in [-0.25, -0.2) is 0 Å². The van der Waals surface area contributed by atoms with Crippen molar-refractivity contribution in [2.75, 3.05) is 13.7 Å². The first-order valence-electron chi connectivity index (χ1n) is 8.21. The molecule has 0 spiro atoms. The summed E-state index contributed by atoms with van der Waals surface area (Å²) in [5.74, 6) is 0. The van der Waals surface area contributed by atoms with E-state index in [1.54, 1.807) is 7.11 Å². The smallest absolute Gasteiger partial charge is 0.0663 e. The fourth-order valence-corrected chi connectivity index (χ4v) is 3.02. The minimum atomic E-state index is -0.0383. The van der Waals surface area contributed by atoms with Crippen molar-refractivity contribution in [1.82, 2.24) is 0 Å². The summed E-state index contributed by atoms with van der Waals surface area (Å²) in [6, 6.07) is 8.60. The molecule has 1 fully saturated rings. The number of hydrogen-bond acceptors (Lipinski definition) is 3. The Hall–Kier alpha value is -0.900. The van der Waals surface area contributed by atoms with E-state index >= 15 is 0 Å². The van der Waals surface area contributed by atoms with Crippen LogP contribution in [0.2, 0.25) is 0 Å². The average molecular weight is 291 g/mol. The Bertz CT molecular complexity index is 404. The van der Waals surface area contributed by atoms with Crippen LogP contribution in [-0.4, -0.2) is 25.9 Å². The topological polar surface area (TPSA) is 44.5 Å². The molecule has 2 rings (SSSR count). The largest absolute Gasteiger partial charge is 0.381 e. The molecule has 1 aliphatic carbocycles. The standard InChI is InChI=1S/C18H29NO2/c1-3-5-14-8-10-15(11-9-14)18(19)13-21-17-7-4-6-16(12-17)20-2/h8-11,16-18H,3-7,12-13,19H2,1-2H3. The van der Waals surface area contributed by atoms with Gasteiger partial charge in [0.15, 0.2) is 0 Å². The van der Waals surface area contributed by atoms with E-state index < -0.39 is 0 Å². The summed E-state index contributed by atoms with van der Waals surface area (Å²) in [5, 5.41) is 0. The third-order valence-corrected chi connectivity index (χ3v) is 4.37. The second kappa shape index (κ2) is 8.52. The number of benzene rings is 1. The maximum Gasteiger partial charge on any atom is 0.0663 e. The molecule has 0 bridgehead atoms. The van der Waals surface area contributed by atoms with Crippen LogP contribution in [-0.2, 0) is 15.9 Å². The van der Waals surface area contributed by atoms with Gasteiger partial charge in [0.1, 0.15) is 0 Å². The molecule has 3 heteroatoms. The Morgan fingerprint density at radius 1 is 1.19 bits per heavy atom. The van der Waals surface area contributed by atoms with Crippen LogP contribution in [0.3, 0.4) is 0 Å². The molecule has 118 valence electrons. The molecular formula is C18H29NO2. The van der Waals surface area contributed by atoms with Gasteiger partial charge in [0.05, 0.1) is 24.9 Å². The van der Waals surface area contributed by atoms with Gasteiger partial charge in [0, 0.05) is 7.11 Å². The summed E-state index contributed by atoms with van der Waals surface area (Å²) in [7, 11) is 1.79. The normalized spacial score (nSPS) is 24.0. The summed E-state index contributed by atoms with van der Waals surface area (Å²) in [5.41, 5.74) is 8.79. The van der Waals surface area contributed by atoms with E-state index in [1.165, 1.54) is 18.4 Å². The molecule has 0 radical (unpaired) electrons. The van der Waals surface area contributed by atoms with E-state index in [0.29, 0.717) is 18.8 Å². The molecule has 3 unspecified atom stereocenters. The minimum Gasteiger partial charge on any atom is -0.381 e. The Morgan fingerprint density at radius 3 is 2.57 bits per heavy atom. The summed E-state index contributed by atoms with van der Waals surface area (Å²) < 4.78 is 11.4. The van der Waals surface area contributed by atoms with Gasteiger partial charge in [-0.1, -0.05) is 37.6 Å². The van der Waals surface area contributed by atoms with Crippen molar-refractivity contribution in [2.24, 2.45) is 5.73 Å². The Morgan fingerprint density at radius 2 is 1.90 bits per heavy atom. The van der Waals surface area contributed by atoms with Crippen LogP contribution in [0, 0.1) is 0 Å². The lowest BCUT2D eigenvalue weighted by Gasteiger charge is -2.29. The van der Waals surface area contributed by atoms with Crippen LogP contribution >= 0.6 is 0 Å². The second-order valence-electron chi connectivity index (χ2n) is 6.08. The molecule has 1 aromatic rings. The van der Waals surface area contributed by atoms with Crippen molar-refractivity contribution in [1.29, 1.82) is 0 Å². The highest BCUT2D eigenvalue weighted by Crippen LogP contribution is 2.24. The zero-order valence-electron chi connectivity index (χ0n) is 13.4. The quantitative estimate of drug-likeness (QED) is 0.834. The number of methoxy groups -OCH3 is 1. The van der Waals surface area contributed by atoms with E-state index in [4.69, 9.17) is 15.2 Å². The molecule has 21 heavy (non-hydrogen) atoms. The van der Waals surface area contributed by atoms with Gasteiger partial charge < -0.3 is 15.2 Å². The zero-order chi connectivity index (χ0) is 15.1. The van der Waals surface area contributed by atoms with Crippen molar-refractivity contribution in [2.45, 2.75) is 63.7 Å². The number of rotatable bonds is 7. The molecule has 1 aliphatic rings. The Balaban J connectivity index is 1.79. The van der Waals surface area contributed by atoms with Gasteiger partial charge in [0.2, 0.25) is 0 Å². The van der Waals surface area contributed by atoms with E-state index in [0.717, 1.165) is 31.2 Å². The van der Waals surface area contributed by atoms with Gasteiger partial charge in [-0.3, -0.25) is 0 Å². The minimum absolute atomic E-state index is 0.0383. The van der Waals surface area contributed by atoms with Crippen molar-refractivity contribution in [3.63, 3.8) is 0 Å². The van der Waals surface area contributed by atoms with Crippen molar-refractivity contribution < 1.29 is 9.47 Å². The number of ether oxygens (including phenoxy) is 2. The van der Waals surface area contributed by atoms with Crippen LogP contribution in [0.5, 0.6) is 0 Å². The van der Waals surface area contributed by atoms with Gasteiger partial charge in [-0.2, -0.15) is 0 Å². The fourth-order valence-electron chi connectivity index (χ4n) is 3.02.